The van der Waals surface area contributed by atoms with Gasteiger partial charge < -0.3 is 47.5 Å². The maximum absolute atomic E-state index is 13.8. The van der Waals surface area contributed by atoms with E-state index in [1.165, 1.54) is 12.1 Å². The van der Waals surface area contributed by atoms with Crippen molar-refractivity contribution in [3.05, 3.63) is 69.8 Å². The predicted molar refractivity (Wildman–Crippen MR) is 219 cm³/mol. The monoisotopic (exact) mass is 859 g/mol. The van der Waals surface area contributed by atoms with Crippen LogP contribution in [0.15, 0.2) is 48.7 Å². The summed E-state index contributed by atoms with van der Waals surface area (Å²) in [5.41, 5.74) is 7.26. The van der Waals surface area contributed by atoms with Gasteiger partial charge in [0.1, 0.15) is 30.2 Å². The average Bonchev–Trinajstić information content (AvgIpc) is 3.55. The van der Waals surface area contributed by atoms with Crippen LogP contribution in [0.25, 0.3) is 10.9 Å². The number of nitrogens with two attached hydrogens (primary N) is 1. The van der Waals surface area contributed by atoms with Crippen LogP contribution in [0.2, 0.25) is 10.0 Å². The van der Waals surface area contributed by atoms with Gasteiger partial charge in [0.2, 0.25) is 35.4 Å². The smallest absolute Gasteiger partial charge is 0.326 e. The number of carbonyl (C=O) groups is 8. The normalized spacial score (nSPS) is 13.8. The number of benzene rings is 2. The van der Waals surface area contributed by atoms with Gasteiger partial charge in [0.05, 0.1) is 22.9 Å². The highest BCUT2D eigenvalue weighted by Gasteiger charge is 2.34. The first kappa shape index (κ1) is 47.7. The molecule has 17 nitrogen and oxygen atoms in total. The van der Waals surface area contributed by atoms with E-state index in [0.717, 1.165) is 10.9 Å². The molecule has 0 saturated carbocycles. The Labute approximate surface area is 350 Å². The molecule has 0 unspecified atom stereocenters. The molecule has 6 amide bonds. The number of H-pyrrole nitrogens is 1. The lowest BCUT2D eigenvalue weighted by Crippen LogP contribution is -2.59. The van der Waals surface area contributed by atoms with E-state index in [9.17, 15) is 48.6 Å². The third-order valence-electron chi connectivity index (χ3n) is 9.09. The zero-order valence-electron chi connectivity index (χ0n) is 33.1. The Morgan fingerprint density at radius 1 is 0.695 bits per heavy atom. The molecule has 0 spiro atoms. The molecule has 3 aromatic rings. The number of carboxylic acid groups (broad SMARTS) is 2. The van der Waals surface area contributed by atoms with Crippen molar-refractivity contribution in [2.45, 2.75) is 103 Å². The number of para-hydroxylation sites is 1. The number of aromatic nitrogens is 1. The summed E-state index contributed by atoms with van der Waals surface area (Å²) >= 11 is 12.0. The maximum atomic E-state index is 13.8. The van der Waals surface area contributed by atoms with E-state index in [1.807, 2.05) is 24.3 Å². The number of rotatable bonds is 23. The van der Waals surface area contributed by atoms with Crippen molar-refractivity contribution in [1.82, 2.24) is 31.6 Å². The van der Waals surface area contributed by atoms with Crippen molar-refractivity contribution in [2.75, 3.05) is 0 Å². The first-order valence-corrected chi connectivity index (χ1v) is 19.7. The summed E-state index contributed by atoms with van der Waals surface area (Å²) < 4.78 is 0. The Hall–Kier alpha value is -5.68. The Morgan fingerprint density at radius 2 is 1.24 bits per heavy atom. The van der Waals surface area contributed by atoms with Crippen molar-refractivity contribution in [1.29, 1.82) is 0 Å². The average molecular weight is 861 g/mol. The van der Waals surface area contributed by atoms with E-state index < -0.39 is 84.0 Å². The van der Waals surface area contributed by atoms with E-state index in [1.54, 1.807) is 40.0 Å². The Balaban J connectivity index is 1.78. The molecule has 3 rings (SSSR count). The van der Waals surface area contributed by atoms with E-state index in [0.29, 0.717) is 11.1 Å². The molecule has 1 heterocycles. The number of aliphatic carboxylic acids is 2. The SMILES string of the molecule is CC(C)C[C@H](NC(=O)[C@H](CC(=O)O)NC(=O)[C@H](CC(C)C)NC(=O)[C@H](CCC(N)=O)NC(=O)Cc1c[nH]c2ccccc12)C(=O)N[C@@H](Cc1ccc(Cl)c(Cl)c1)C(=O)O. The van der Waals surface area contributed by atoms with Gasteiger partial charge in [0.25, 0.3) is 0 Å². The van der Waals surface area contributed by atoms with Gasteiger partial charge in [-0.3, -0.25) is 33.6 Å². The first-order chi connectivity index (χ1) is 27.7. The lowest BCUT2D eigenvalue weighted by Gasteiger charge is -2.27. The lowest BCUT2D eigenvalue weighted by molar-refractivity contribution is -0.143. The zero-order valence-corrected chi connectivity index (χ0v) is 34.6. The quantitative estimate of drug-likeness (QED) is 0.0672. The van der Waals surface area contributed by atoms with Crippen molar-refractivity contribution in [3.63, 3.8) is 0 Å². The number of primary amides is 1. The molecular formula is C40H51Cl2N7O10. The Bertz CT molecular complexity index is 2020. The highest BCUT2D eigenvalue weighted by Crippen LogP contribution is 2.23. The molecule has 10 N–H and O–H groups in total. The lowest BCUT2D eigenvalue weighted by atomic mass is 10.00. The third-order valence-corrected chi connectivity index (χ3v) is 9.83. The van der Waals surface area contributed by atoms with Gasteiger partial charge in [-0.15, -0.1) is 0 Å². The minimum atomic E-state index is -1.75. The number of nitrogens with one attached hydrogen (secondary N) is 6. The third kappa shape index (κ3) is 15.5. The Kier molecular flexibility index (Phi) is 18.2. The molecule has 0 aliphatic rings. The van der Waals surface area contributed by atoms with Crippen LogP contribution in [0, 0.1) is 11.8 Å². The molecule has 0 bridgehead atoms. The van der Waals surface area contributed by atoms with Crippen molar-refractivity contribution in [3.8, 4) is 0 Å². The number of carbonyl (C=O) groups excluding carboxylic acids is 6. The van der Waals surface area contributed by atoms with Gasteiger partial charge in [0.15, 0.2) is 0 Å². The molecule has 0 aliphatic carbocycles. The van der Waals surface area contributed by atoms with Crippen LogP contribution in [-0.2, 0) is 51.2 Å². The minimum Gasteiger partial charge on any atom is -0.481 e. The van der Waals surface area contributed by atoms with E-state index >= 15 is 0 Å². The van der Waals surface area contributed by atoms with Gasteiger partial charge in [0, 0.05) is 29.9 Å². The molecular weight excluding hydrogens is 809 g/mol. The fourth-order valence-corrected chi connectivity index (χ4v) is 6.55. The van der Waals surface area contributed by atoms with E-state index in [2.05, 4.69) is 31.6 Å². The van der Waals surface area contributed by atoms with Crippen LogP contribution >= 0.6 is 23.2 Å². The van der Waals surface area contributed by atoms with Gasteiger partial charge in [-0.05, 0) is 60.4 Å². The van der Waals surface area contributed by atoms with Crippen LogP contribution in [0.3, 0.4) is 0 Å². The number of hydrogen-bond acceptors (Lipinski definition) is 8. The molecule has 2 aromatic carbocycles. The van der Waals surface area contributed by atoms with Crippen molar-refractivity contribution >= 4 is 81.5 Å². The summed E-state index contributed by atoms with van der Waals surface area (Å²) in [6, 6.07) is 4.58. The van der Waals surface area contributed by atoms with Crippen LogP contribution in [0.1, 0.15) is 70.9 Å². The van der Waals surface area contributed by atoms with Crippen molar-refractivity contribution < 1.29 is 48.6 Å². The van der Waals surface area contributed by atoms with Gasteiger partial charge >= 0.3 is 11.9 Å². The van der Waals surface area contributed by atoms with Crippen LogP contribution in [-0.4, -0.2) is 92.8 Å². The number of carboxylic acids is 2. The van der Waals surface area contributed by atoms with Crippen LogP contribution in [0.5, 0.6) is 0 Å². The second-order valence-electron chi connectivity index (χ2n) is 15.1. The summed E-state index contributed by atoms with van der Waals surface area (Å²) in [5.74, 6) is -8.28. The second-order valence-corrected chi connectivity index (χ2v) is 15.9. The molecule has 0 radical (unpaired) electrons. The van der Waals surface area contributed by atoms with Crippen molar-refractivity contribution in [2.24, 2.45) is 17.6 Å². The summed E-state index contributed by atoms with van der Waals surface area (Å²) in [6.45, 7) is 6.99. The molecule has 59 heavy (non-hydrogen) atoms. The molecule has 0 fully saturated rings. The number of halogens is 2. The second kappa shape index (κ2) is 22.5. The topological polar surface area (TPSA) is 279 Å². The fourth-order valence-electron chi connectivity index (χ4n) is 6.23. The Morgan fingerprint density at radius 3 is 1.78 bits per heavy atom. The van der Waals surface area contributed by atoms with Gasteiger partial charge in [-0.2, -0.15) is 0 Å². The molecule has 0 saturated heterocycles. The van der Waals surface area contributed by atoms with E-state index in [4.69, 9.17) is 28.9 Å². The van der Waals surface area contributed by atoms with Crippen LogP contribution < -0.4 is 32.3 Å². The molecule has 320 valence electrons. The minimum absolute atomic E-state index is 0.00910. The summed E-state index contributed by atoms with van der Waals surface area (Å²) in [6.07, 6.45) is -0.00484. The predicted octanol–water partition coefficient (Wildman–Crippen LogP) is 2.60. The molecule has 5 atom stereocenters. The summed E-state index contributed by atoms with van der Waals surface area (Å²) in [7, 11) is 0. The number of hydrogen-bond donors (Lipinski definition) is 9. The largest absolute Gasteiger partial charge is 0.481 e. The first-order valence-electron chi connectivity index (χ1n) is 19.0. The highest BCUT2D eigenvalue weighted by molar-refractivity contribution is 6.42. The molecule has 1 aromatic heterocycles. The van der Waals surface area contributed by atoms with Gasteiger partial charge in [-0.25, -0.2) is 4.79 Å². The van der Waals surface area contributed by atoms with E-state index in [-0.39, 0.29) is 60.4 Å². The molecule has 19 heteroatoms. The molecule has 0 aliphatic heterocycles. The highest BCUT2D eigenvalue weighted by atomic mass is 35.5. The number of fused-ring (bicyclic) bond motifs is 1. The number of amides is 6. The zero-order chi connectivity index (χ0) is 44.0. The van der Waals surface area contributed by atoms with Gasteiger partial charge in [-0.1, -0.05) is 75.2 Å². The van der Waals surface area contributed by atoms with Crippen LogP contribution in [0.4, 0.5) is 0 Å². The number of aromatic amines is 1. The fraction of sp³-hybridized carbons (Fsp3) is 0.450. The standard InChI is InChI=1S/C40H51Cl2N7O10/c1-20(2)13-29(46-36(54)28(11-12-33(43)50)45-34(51)17-23-19-44-27-8-6-5-7-24(23)27)37(55)48-31(18-35(52)53)39(57)47-30(14-21(3)4)38(56)49-32(40(58)59)16-22-9-10-25(41)26(42)15-22/h5-10,15,19-21,28-32,44H,11-14,16-18H2,1-4H3,(H2,43,50)(H,45,51)(H,46,54)(H,47,57)(H,48,55)(H,49,56)(H,52,53)(H,58,59)/t28-,29-,30-,31-,32-/m0/s1. The summed E-state index contributed by atoms with van der Waals surface area (Å²) in [4.78, 5) is 107. The summed E-state index contributed by atoms with van der Waals surface area (Å²) in [5, 5.41) is 33.2. The maximum Gasteiger partial charge on any atom is 0.326 e.